The fourth-order valence-electron chi connectivity index (χ4n) is 2.25. The van der Waals surface area contributed by atoms with Crippen molar-refractivity contribution in [2.24, 2.45) is 5.92 Å². The van der Waals surface area contributed by atoms with E-state index >= 15 is 0 Å². The van der Waals surface area contributed by atoms with E-state index in [0.717, 1.165) is 43.6 Å². The quantitative estimate of drug-likeness (QED) is 0.703. The number of hydrogen-bond acceptors (Lipinski definition) is 5. The van der Waals surface area contributed by atoms with E-state index in [4.69, 9.17) is 0 Å². The molecule has 0 aromatic heterocycles. The van der Waals surface area contributed by atoms with Crippen molar-refractivity contribution in [3.8, 4) is 0 Å². The molecular weight excluding hydrogens is 268 g/mol. The zero-order valence-electron chi connectivity index (χ0n) is 11.1. The van der Waals surface area contributed by atoms with Gasteiger partial charge in [-0.15, -0.1) is 0 Å². The summed E-state index contributed by atoms with van der Waals surface area (Å²) < 4.78 is 24.1. The van der Waals surface area contributed by atoms with E-state index in [2.05, 4.69) is 10.2 Å². The first-order chi connectivity index (χ1) is 8.63. The third-order valence-electron chi connectivity index (χ3n) is 3.71. The molecule has 1 heterocycles. The second-order valence-electron chi connectivity index (χ2n) is 5.16. The first kappa shape index (κ1) is 14.6. The van der Waals surface area contributed by atoms with E-state index in [1.54, 1.807) is 18.7 Å². The van der Waals surface area contributed by atoms with Gasteiger partial charge in [-0.2, -0.15) is 11.8 Å². The molecule has 18 heavy (non-hydrogen) atoms. The molecule has 4 nitrogen and oxygen atoms in total. The summed E-state index contributed by atoms with van der Waals surface area (Å²) in [6.45, 7) is 5.53. The predicted octanol–water partition coefficient (Wildman–Crippen LogP) is 0.796. The number of sulfone groups is 1. The van der Waals surface area contributed by atoms with Gasteiger partial charge in [-0.25, -0.2) is 8.42 Å². The summed E-state index contributed by atoms with van der Waals surface area (Å²) in [7, 11) is -2.93. The highest BCUT2D eigenvalue weighted by atomic mass is 32.2. The molecule has 0 radical (unpaired) electrons. The molecule has 1 aliphatic carbocycles. The molecule has 1 N–H and O–H groups in total. The Morgan fingerprint density at radius 1 is 1.39 bits per heavy atom. The van der Waals surface area contributed by atoms with Crippen LogP contribution < -0.4 is 5.32 Å². The molecule has 0 spiro atoms. The molecule has 1 aliphatic heterocycles. The van der Waals surface area contributed by atoms with Gasteiger partial charge in [-0.05, 0) is 25.3 Å². The zero-order chi connectivity index (χ0) is 13.0. The van der Waals surface area contributed by atoms with Crippen LogP contribution in [0, 0.1) is 5.92 Å². The lowest BCUT2D eigenvalue weighted by Gasteiger charge is -2.34. The monoisotopic (exact) mass is 292 g/mol. The van der Waals surface area contributed by atoms with Crippen LogP contribution in [0.3, 0.4) is 0 Å². The third-order valence-corrected chi connectivity index (χ3v) is 7.05. The summed E-state index contributed by atoms with van der Waals surface area (Å²) in [6, 6.07) is 0. The van der Waals surface area contributed by atoms with Crippen molar-refractivity contribution in [1.29, 1.82) is 0 Å². The van der Waals surface area contributed by atoms with Gasteiger partial charge in [-0.1, -0.05) is 6.92 Å². The molecule has 1 saturated heterocycles. The predicted molar refractivity (Wildman–Crippen MR) is 77.7 cm³/mol. The number of nitrogens with one attached hydrogen (secondary N) is 1. The molecule has 2 rings (SSSR count). The topological polar surface area (TPSA) is 49.4 Å². The van der Waals surface area contributed by atoms with Crippen LogP contribution in [-0.4, -0.2) is 62.1 Å². The summed E-state index contributed by atoms with van der Waals surface area (Å²) >= 11 is 1.76. The highest BCUT2D eigenvalue weighted by molar-refractivity contribution is 8.01. The number of thioether (sulfide) groups is 1. The van der Waals surface area contributed by atoms with Gasteiger partial charge >= 0.3 is 0 Å². The molecule has 2 aliphatic rings. The largest absolute Gasteiger partial charge is 0.315 e. The van der Waals surface area contributed by atoms with Crippen molar-refractivity contribution in [3.63, 3.8) is 0 Å². The lowest BCUT2D eigenvalue weighted by molar-refractivity contribution is 0.269. The summed E-state index contributed by atoms with van der Waals surface area (Å²) in [4.78, 5) is 2.15. The minimum atomic E-state index is -2.93. The van der Waals surface area contributed by atoms with E-state index in [9.17, 15) is 8.42 Å². The number of nitrogens with zero attached hydrogens (tertiary/aromatic N) is 1. The van der Waals surface area contributed by atoms with Crippen LogP contribution in [-0.2, 0) is 9.84 Å². The molecule has 1 atom stereocenters. The maximum Gasteiger partial charge on any atom is 0.166 e. The van der Waals surface area contributed by atoms with E-state index in [1.807, 2.05) is 0 Å². The minimum Gasteiger partial charge on any atom is -0.315 e. The standard InChI is InChI=1S/C12H24N2O2S2/c1-2-18(15,16)12-10-17-8-7-14(12)6-5-13-9-11-3-4-11/h11-13H,2-10H2,1H3. The van der Waals surface area contributed by atoms with Gasteiger partial charge in [0.25, 0.3) is 0 Å². The van der Waals surface area contributed by atoms with E-state index in [1.165, 1.54) is 12.8 Å². The van der Waals surface area contributed by atoms with E-state index in [-0.39, 0.29) is 11.1 Å². The van der Waals surface area contributed by atoms with Gasteiger partial charge in [0.2, 0.25) is 0 Å². The van der Waals surface area contributed by atoms with Crippen molar-refractivity contribution in [2.75, 3.05) is 43.4 Å². The van der Waals surface area contributed by atoms with Gasteiger partial charge in [0.05, 0.1) is 0 Å². The van der Waals surface area contributed by atoms with Gasteiger partial charge in [-0.3, -0.25) is 4.90 Å². The van der Waals surface area contributed by atoms with E-state index < -0.39 is 9.84 Å². The molecule has 0 bridgehead atoms. The molecule has 106 valence electrons. The second kappa shape index (κ2) is 6.59. The fourth-order valence-corrected chi connectivity index (χ4v) is 5.36. The first-order valence-electron chi connectivity index (χ1n) is 6.87. The maximum atomic E-state index is 12.0. The van der Waals surface area contributed by atoms with Crippen molar-refractivity contribution >= 4 is 21.6 Å². The van der Waals surface area contributed by atoms with Crippen molar-refractivity contribution < 1.29 is 8.42 Å². The molecule has 0 aromatic carbocycles. The SMILES string of the molecule is CCS(=O)(=O)C1CSCCN1CCNCC1CC1. The van der Waals surface area contributed by atoms with Crippen LogP contribution in [0.5, 0.6) is 0 Å². The van der Waals surface area contributed by atoms with Crippen LogP contribution >= 0.6 is 11.8 Å². The van der Waals surface area contributed by atoms with Crippen molar-refractivity contribution in [3.05, 3.63) is 0 Å². The minimum absolute atomic E-state index is 0.254. The third kappa shape index (κ3) is 4.11. The van der Waals surface area contributed by atoms with Crippen LogP contribution in [0.4, 0.5) is 0 Å². The molecule has 0 amide bonds. The summed E-state index contributed by atoms with van der Waals surface area (Å²) in [6.07, 6.45) is 2.72. The van der Waals surface area contributed by atoms with Crippen LogP contribution in [0.25, 0.3) is 0 Å². The molecule has 2 fully saturated rings. The molecule has 1 unspecified atom stereocenters. The Morgan fingerprint density at radius 2 is 2.17 bits per heavy atom. The Labute approximate surface area is 115 Å². The van der Waals surface area contributed by atoms with Crippen LogP contribution in [0.1, 0.15) is 19.8 Å². The van der Waals surface area contributed by atoms with Gasteiger partial charge in [0.15, 0.2) is 9.84 Å². The summed E-state index contributed by atoms with van der Waals surface area (Å²) in [5.74, 6) is 2.93. The smallest absolute Gasteiger partial charge is 0.166 e. The zero-order valence-corrected chi connectivity index (χ0v) is 12.7. The lowest BCUT2D eigenvalue weighted by atomic mass is 10.4. The number of hydrogen-bond donors (Lipinski definition) is 1. The second-order valence-corrected chi connectivity index (χ2v) is 8.76. The lowest BCUT2D eigenvalue weighted by Crippen LogP contribution is -2.49. The Balaban J connectivity index is 1.79. The Kier molecular flexibility index (Phi) is 5.35. The fraction of sp³-hybridized carbons (Fsp3) is 1.00. The highest BCUT2D eigenvalue weighted by Crippen LogP contribution is 2.27. The molecule has 6 heteroatoms. The Hall–Kier alpha value is 0.220. The normalized spacial score (nSPS) is 26.4. The summed E-state index contributed by atoms with van der Waals surface area (Å²) in [5, 5.41) is 3.18. The Bertz CT molecular complexity index is 355. The average molecular weight is 292 g/mol. The molecule has 0 aromatic rings. The highest BCUT2D eigenvalue weighted by Gasteiger charge is 2.32. The van der Waals surface area contributed by atoms with Crippen molar-refractivity contribution in [2.45, 2.75) is 25.1 Å². The van der Waals surface area contributed by atoms with Gasteiger partial charge in [0, 0.05) is 36.9 Å². The average Bonchev–Trinajstić information content (AvgIpc) is 3.19. The van der Waals surface area contributed by atoms with Crippen molar-refractivity contribution in [1.82, 2.24) is 10.2 Å². The van der Waals surface area contributed by atoms with Crippen LogP contribution in [0.2, 0.25) is 0 Å². The first-order valence-corrected chi connectivity index (χ1v) is 9.74. The molecular formula is C12H24N2O2S2. The Morgan fingerprint density at radius 3 is 2.83 bits per heavy atom. The van der Waals surface area contributed by atoms with Crippen LogP contribution in [0.15, 0.2) is 0 Å². The van der Waals surface area contributed by atoms with Gasteiger partial charge in [0.1, 0.15) is 5.37 Å². The van der Waals surface area contributed by atoms with Gasteiger partial charge < -0.3 is 5.32 Å². The summed E-state index contributed by atoms with van der Waals surface area (Å²) in [5.41, 5.74) is 0. The number of rotatable bonds is 7. The van der Waals surface area contributed by atoms with E-state index in [0.29, 0.717) is 0 Å². The molecule has 1 saturated carbocycles. The maximum absolute atomic E-state index is 12.0.